The van der Waals surface area contributed by atoms with Crippen LogP contribution in [0, 0.1) is 11.8 Å². The molecule has 1 aliphatic rings. The van der Waals surface area contributed by atoms with Gasteiger partial charge in [-0.2, -0.15) is 0 Å². The van der Waals surface area contributed by atoms with Crippen LogP contribution in [0.2, 0.25) is 0 Å². The van der Waals surface area contributed by atoms with E-state index in [1.807, 2.05) is 80.7 Å². The van der Waals surface area contributed by atoms with Gasteiger partial charge in [0.2, 0.25) is 5.91 Å². The van der Waals surface area contributed by atoms with Crippen LogP contribution >= 0.6 is 0 Å². The topological polar surface area (TPSA) is 82.6 Å². The molecular formula is C28H26N4O2. The van der Waals surface area contributed by atoms with E-state index in [9.17, 15) is 9.59 Å². The van der Waals surface area contributed by atoms with Crippen LogP contribution < -0.4 is 16.0 Å². The van der Waals surface area contributed by atoms with Gasteiger partial charge >= 0.3 is 0 Å². The van der Waals surface area contributed by atoms with Crippen molar-refractivity contribution in [3.05, 3.63) is 95.1 Å². The number of hydrogen-bond donors (Lipinski definition) is 3. The van der Waals surface area contributed by atoms with Crippen LogP contribution in [-0.2, 0) is 16.1 Å². The van der Waals surface area contributed by atoms with E-state index in [2.05, 4.69) is 27.8 Å². The molecule has 0 radical (unpaired) electrons. The van der Waals surface area contributed by atoms with E-state index in [1.54, 1.807) is 6.07 Å². The van der Waals surface area contributed by atoms with Crippen molar-refractivity contribution < 1.29 is 9.59 Å². The Bertz CT molecular complexity index is 1290. The Morgan fingerprint density at radius 3 is 2.53 bits per heavy atom. The first-order chi connectivity index (χ1) is 16.6. The summed E-state index contributed by atoms with van der Waals surface area (Å²) >= 11 is 0. The van der Waals surface area contributed by atoms with Gasteiger partial charge in [-0.25, -0.2) is 0 Å². The average molecular weight is 451 g/mol. The fourth-order valence-electron chi connectivity index (χ4n) is 3.88. The molecule has 6 heteroatoms. The summed E-state index contributed by atoms with van der Waals surface area (Å²) in [6.45, 7) is 3.14. The first kappa shape index (κ1) is 23.0. The Morgan fingerprint density at radius 1 is 1.06 bits per heavy atom. The van der Waals surface area contributed by atoms with Crippen LogP contribution in [-0.4, -0.2) is 31.1 Å². The van der Waals surface area contributed by atoms with Crippen LogP contribution in [0.5, 0.6) is 0 Å². The molecule has 1 unspecified atom stereocenters. The normalized spacial score (nSPS) is 14.6. The Morgan fingerprint density at radius 2 is 1.82 bits per heavy atom. The molecular weight excluding hydrogens is 424 g/mol. The van der Waals surface area contributed by atoms with Crippen LogP contribution in [0.25, 0.3) is 0 Å². The van der Waals surface area contributed by atoms with Gasteiger partial charge in [0.15, 0.2) is 0 Å². The highest BCUT2D eigenvalue weighted by Crippen LogP contribution is 2.36. The summed E-state index contributed by atoms with van der Waals surface area (Å²) in [4.78, 5) is 29.7. The van der Waals surface area contributed by atoms with E-state index in [1.165, 1.54) is 0 Å². The lowest BCUT2D eigenvalue weighted by Crippen LogP contribution is -2.21. The average Bonchev–Trinajstić information content (AvgIpc) is 3.18. The Kier molecular flexibility index (Phi) is 7.16. The van der Waals surface area contributed by atoms with Crippen LogP contribution in [0.1, 0.15) is 35.1 Å². The minimum absolute atomic E-state index is 0.141. The highest BCUT2D eigenvalue weighted by molar-refractivity contribution is 6.24. The van der Waals surface area contributed by atoms with Gasteiger partial charge in [0.1, 0.15) is 5.92 Å². The molecule has 0 saturated carbocycles. The van der Waals surface area contributed by atoms with Crippen molar-refractivity contribution in [2.24, 2.45) is 4.99 Å². The highest BCUT2D eigenvalue weighted by Gasteiger charge is 2.35. The van der Waals surface area contributed by atoms with Crippen molar-refractivity contribution in [3.8, 4) is 11.8 Å². The molecule has 3 aromatic carbocycles. The van der Waals surface area contributed by atoms with Gasteiger partial charge in [-0.15, -0.1) is 0 Å². The summed E-state index contributed by atoms with van der Waals surface area (Å²) in [6, 6.07) is 23.2. The smallest absolute Gasteiger partial charge is 0.296 e. The zero-order valence-electron chi connectivity index (χ0n) is 19.2. The standard InChI is InChI=1S/C28H26N4O2/c1-3-30-25(33)16-12-19-11-15-23-24(17-19)32-28(34)26(23)27(21-7-5-4-6-8-21)31-22-13-9-20(10-14-22)18-29-2/h4-11,13-15,17,26,29H,3,18H2,1-2H3,(H,30,33)(H,32,34). The number of carbonyl (C=O) groups is 2. The molecule has 0 fully saturated rings. The van der Waals surface area contributed by atoms with Crippen molar-refractivity contribution >= 4 is 28.9 Å². The molecule has 1 heterocycles. The van der Waals surface area contributed by atoms with Gasteiger partial charge in [0.25, 0.3) is 5.91 Å². The predicted molar refractivity (Wildman–Crippen MR) is 135 cm³/mol. The monoisotopic (exact) mass is 450 g/mol. The summed E-state index contributed by atoms with van der Waals surface area (Å²) in [7, 11) is 1.91. The molecule has 0 aliphatic carbocycles. The summed E-state index contributed by atoms with van der Waals surface area (Å²) < 4.78 is 0. The van der Waals surface area contributed by atoms with E-state index >= 15 is 0 Å². The number of amides is 2. The van der Waals surface area contributed by atoms with E-state index in [0.29, 0.717) is 23.5 Å². The van der Waals surface area contributed by atoms with Crippen molar-refractivity contribution in [3.63, 3.8) is 0 Å². The lowest BCUT2D eigenvalue weighted by Gasteiger charge is -2.14. The van der Waals surface area contributed by atoms with E-state index < -0.39 is 5.92 Å². The quantitative estimate of drug-likeness (QED) is 0.395. The van der Waals surface area contributed by atoms with Gasteiger partial charge in [-0.3, -0.25) is 14.6 Å². The molecule has 0 spiro atoms. The number of nitrogens with zero attached hydrogens (tertiary/aromatic N) is 1. The third-order valence-electron chi connectivity index (χ3n) is 5.45. The van der Waals surface area contributed by atoms with Gasteiger partial charge in [0, 0.05) is 30.3 Å². The van der Waals surface area contributed by atoms with Crippen molar-refractivity contribution in [2.45, 2.75) is 19.4 Å². The molecule has 1 aliphatic heterocycles. The van der Waals surface area contributed by atoms with E-state index in [-0.39, 0.29) is 11.8 Å². The first-order valence-electron chi connectivity index (χ1n) is 11.2. The summed E-state index contributed by atoms with van der Waals surface area (Å²) in [5.74, 6) is 4.40. The van der Waals surface area contributed by atoms with E-state index in [0.717, 1.165) is 28.9 Å². The Balaban J connectivity index is 1.72. The summed E-state index contributed by atoms with van der Waals surface area (Å²) in [5.41, 5.74) is 5.68. The molecule has 0 saturated heterocycles. The maximum atomic E-state index is 13.1. The number of benzene rings is 3. The number of rotatable bonds is 6. The van der Waals surface area contributed by atoms with Crippen LogP contribution in [0.15, 0.2) is 77.8 Å². The molecule has 34 heavy (non-hydrogen) atoms. The number of fused-ring (bicyclic) bond motifs is 1. The molecule has 3 aromatic rings. The number of nitrogens with one attached hydrogen (secondary N) is 3. The fourth-order valence-corrected chi connectivity index (χ4v) is 3.88. The molecule has 2 amide bonds. The third kappa shape index (κ3) is 5.22. The van der Waals surface area contributed by atoms with Crippen molar-refractivity contribution in [2.75, 3.05) is 18.9 Å². The fraction of sp³-hybridized carbons (Fsp3) is 0.179. The lowest BCUT2D eigenvalue weighted by molar-refractivity contribution is -0.116. The van der Waals surface area contributed by atoms with Gasteiger partial charge in [-0.05, 0) is 54.9 Å². The maximum absolute atomic E-state index is 13.1. The maximum Gasteiger partial charge on any atom is 0.296 e. The minimum atomic E-state index is -0.556. The Hall–Kier alpha value is -4.21. The molecule has 3 N–H and O–H groups in total. The second-order valence-corrected chi connectivity index (χ2v) is 7.89. The largest absolute Gasteiger partial charge is 0.346 e. The molecule has 1 atom stereocenters. The third-order valence-corrected chi connectivity index (χ3v) is 5.45. The molecule has 4 rings (SSSR count). The van der Waals surface area contributed by atoms with E-state index in [4.69, 9.17) is 4.99 Å². The van der Waals surface area contributed by atoms with Gasteiger partial charge in [-0.1, -0.05) is 54.5 Å². The predicted octanol–water partition coefficient (Wildman–Crippen LogP) is 3.75. The van der Waals surface area contributed by atoms with Gasteiger partial charge in [0.05, 0.1) is 11.4 Å². The second kappa shape index (κ2) is 10.6. The number of anilines is 1. The molecule has 170 valence electrons. The number of aliphatic imine (C=N–C) groups is 1. The van der Waals surface area contributed by atoms with Crippen LogP contribution in [0.4, 0.5) is 11.4 Å². The molecule has 0 bridgehead atoms. The zero-order chi connectivity index (χ0) is 23.9. The zero-order valence-corrected chi connectivity index (χ0v) is 19.2. The molecule has 6 nitrogen and oxygen atoms in total. The minimum Gasteiger partial charge on any atom is -0.346 e. The number of carbonyl (C=O) groups excluding carboxylic acids is 2. The molecule has 0 aromatic heterocycles. The van der Waals surface area contributed by atoms with Crippen LogP contribution in [0.3, 0.4) is 0 Å². The van der Waals surface area contributed by atoms with Gasteiger partial charge < -0.3 is 16.0 Å². The summed E-state index contributed by atoms with van der Waals surface area (Å²) in [6.07, 6.45) is 0. The summed E-state index contributed by atoms with van der Waals surface area (Å²) in [5, 5.41) is 8.75. The Labute approximate surface area is 199 Å². The second-order valence-electron chi connectivity index (χ2n) is 7.89. The van der Waals surface area contributed by atoms with Crippen molar-refractivity contribution in [1.29, 1.82) is 0 Å². The van der Waals surface area contributed by atoms with Crippen molar-refractivity contribution in [1.82, 2.24) is 10.6 Å². The first-order valence-corrected chi connectivity index (χ1v) is 11.2. The number of hydrogen-bond acceptors (Lipinski definition) is 4. The SMILES string of the molecule is CCNC(=O)C#Cc1ccc2c(c1)NC(=O)C2C(=Nc1ccc(CNC)cc1)c1ccccc1. The lowest BCUT2D eigenvalue weighted by atomic mass is 9.90. The highest BCUT2D eigenvalue weighted by atomic mass is 16.2.